The number of anilines is 1. The van der Waals surface area contributed by atoms with Gasteiger partial charge in [-0.15, -0.1) is 0 Å². The number of alkyl carbamates (subject to hydrolysis) is 1. The third-order valence-corrected chi connectivity index (χ3v) is 7.60. The minimum absolute atomic E-state index is 0.0711. The zero-order chi connectivity index (χ0) is 25.8. The first-order chi connectivity index (χ1) is 16.5. The number of fused-ring (bicyclic) bond motifs is 1. The highest BCUT2D eigenvalue weighted by Gasteiger charge is 2.29. The molecule has 2 aromatic rings. The molecule has 1 atom stereocenters. The maximum Gasteiger partial charge on any atom is 0.408 e. The van der Waals surface area contributed by atoms with Crippen molar-refractivity contribution in [1.29, 1.82) is 0 Å². The second-order valence-electron chi connectivity index (χ2n) is 9.74. The van der Waals surface area contributed by atoms with E-state index in [2.05, 4.69) is 24.9 Å². The number of carbonyl (C=O) groups is 2. The van der Waals surface area contributed by atoms with Crippen molar-refractivity contribution >= 4 is 39.8 Å². The third kappa shape index (κ3) is 6.81. The van der Waals surface area contributed by atoms with Crippen LogP contribution in [0.1, 0.15) is 34.6 Å². The Bertz CT molecular complexity index is 1050. The first kappa shape index (κ1) is 26.7. The summed E-state index contributed by atoms with van der Waals surface area (Å²) in [6.45, 7) is 10.7. The van der Waals surface area contributed by atoms with E-state index in [-0.39, 0.29) is 11.8 Å². The first-order valence-corrected chi connectivity index (χ1v) is 13.4. The summed E-state index contributed by atoms with van der Waals surface area (Å²) in [4.78, 5) is 36.3. The fourth-order valence-corrected chi connectivity index (χ4v) is 5.71. The van der Waals surface area contributed by atoms with Crippen molar-refractivity contribution in [2.45, 2.75) is 46.3 Å². The highest BCUT2D eigenvalue weighted by Crippen LogP contribution is 2.36. The number of hydrogen-bond acceptors (Lipinski definition) is 8. The van der Waals surface area contributed by atoms with Crippen LogP contribution in [0.2, 0.25) is 0 Å². The number of ether oxygens (including phenoxy) is 3. The van der Waals surface area contributed by atoms with Gasteiger partial charge in [0.2, 0.25) is 0 Å². The third-order valence-electron chi connectivity index (χ3n) is 5.59. The molecular weight excluding hydrogens is 470 g/mol. The van der Waals surface area contributed by atoms with Gasteiger partial charge in [0.1, 0.15) is 23.8 Å². The molecule has 35 heavy (non-hydrogen) atoms. The number of aromatic nitrogens is 2. The van der Waals surface area contributed by atoms with Crippen molar-refractivity contribution in [2.75, 3.05) is 43.7 Å². The summed E-state index contributed by atoms with van der Waals surface area (Å²) in [5, 5.41) is 3.62. The zero-order valence-electron chi connectivity index (χ0n) is 21.5. The Morgan fingerprint density at radius 2 is 1.69 bits per heavy atom. The number of nitrogens with zero attached hydrogens (tertiary/aromatic N) is 3. The van der Waals surface area contributed by atoms with Gasteiger partial charge in [0.25, 0.3) is 5.91 Å². The number of benzene rings is 1. The molecule has 2 N–H and O–H groups in total. The standard InChI is InChI=1S/C24H37N5O5S/c1-15(2)20(27-23(31)34-24(3,4)5)22(30)28-35-10-8-29(9-11-35)21-16-12-18(32-6)19(33-7)13-17(16)25-14-26-21/h12-15,20,35H,8-11H2,1-7H3,(H,27,31)(H,28,30)/t20-/m0/s1. The SMILES string of the molecule is COc1cc2ncnc(N3CC[SH](NC(=O)[C@@H](NC(=O)OC(C)(C)C)C(C)C)CC3)c2cc1OC. The summed E-state index contributed by atoms with van der Waals surface area (Å²) in [5.41, 5.74) is 0.154. The Balaban J connectivity index is 1.65. The lowest BCUT2D eigenvalue weighted by Gasteiger charge is -2.37. The van der Waals surface area contributed by atoms with Crippen LogP contribution in [-0.4, -0.2) is 72.4 Å². The largest absolute Gasteiger partial charge is 0.493 e. The smallest absolute Gasteiger partial charge is 0.408 e. The lowest BCUT2D eigenvalue weighted by molar-refractivity contribution is -0.122. The molecule has 0 saturated carbocycles. The molecule has 2 heterocycles. The van der Waals surface area contributed by atoms with Crippen LogP contribution < -0.4 is 24.4 Å². The Hall–Kier alpha value is -2.95. The molecule has 0 aliphatic carbocycles. The Kier molecular flexibility index (Phi) is 8.52. The molecule has 1 aliphatic heterocycles. The van der Waals surface area contributed by atoms with Crippen LogP contribution in [0.5, 0.6) is 11.5 Å². The van der Waals surface area contributed by atoms with E-state index in [1.807, 2.05) is 26.0 Å². The zero-order valence-corrected chi connectivity index (χ0v) is 22.4. The van der Waals surface area contributed by atoms with Crippen molar-refractivity contribution < 1.29 is 23.8 Å². The second kappa shape index (κ2) is 11.2. The minimum Gasteiger partial charge on any atom is -0.493 e. The molecule has 0 unspecified atom stereocenters. The number of hydrogen-bond donors (Lipinski definition) is 3. The number of nitrogens with one attached hydrogen (secondary N) is 2. The summed E-state index contributed by atoms with van der Waals surface area (Å²) in [5.74, 6) is 3.47. The van der Waals surface area contributed by atoms with Gasteiger partial charge in [-0.25, -0.2) is 14.8 Å². The number of methoxy groups -OCH3 is 2. The number of thiol groups is 1. The Labute approximate surface area is 209 Å². The molecule has 0 spiro atoms. The molecule has 194 valence electrons. The topological polar surface area (TPSA) is 115 Å². The van der Waals surface area contributed by atoms with Crippen molar-refractivity contribution in [1.82, 2.24) is 20.0 Å². The fraction of sp³-hybridized carbons (Fsp3) is 0.583. The van der Waals surface area contributed by atoms with E-state index >= 15 is 0 Å². The molecule has 1 saturated heterocycles. The molecule has 1 aromatic carbocycles. The molecule has 1 aliphatic rings. The average molecular weight is 508 g/mol. The predicted molar refractivity (Wildman–Crippen MR) is 140 cm³/mol. The van der Waals surface area contributed by atoms with E-state index in [0.29, 0.717) is 11.5 Å². The van der Waals surface area contributed by atoms with Crippen molar-refractivity contribution in [2.24, 2.45) is 5.92 Å². The Morgan fingerprint density at radius 1 is 1.06 bits per heavy atom. The van der Waals surface area contributed by atoms with Crippen LogP contribution in [0, 0.1) is 5.92 Å². The molecular formula is C24H37N5O5S. The van der Waals surface area contributed by atoms with Gasteiger partial charge in [-0.3, -0.25) is 4.79 Å². The average Bonchev–Trinajstić information content (AvgIpc) is 2.80. The van der Waals surface area contributed by atoms with Gasteiger partial charge in [0.05, 0.1) is 19.7 Å². The number of rotatable bonds is 7. The van der Waals surface area contributed by atoms with Crippen molar-refractivity contribution in [3.63, 3.8) is 0 Å². The second-order valence-corrected chi connectivity index (χ2v) is 11.9. The van der Waals surface area contributed by atoms with Crippen LogP contribution in [0.4, 0.5) is 10.6 Å². The van der Waals surface area contributed by atoms with Crippen LogP contribution in [-0.2, 0) is 9.53 Å². The van der Waals surface area contributed by atoms with Crippen molar-refractivity contribution in [3.8, 4) is 11.5 Å². The summed E-state index contributed by atoms with van der Waals surface area (Å²) in [6.07, 6.45) is 0.967. The highest BCUT2D eigenvalue weighted by atomic mass is 32.2. The van der Waals surface area contributed by atoms with E-state index in [4.69, 9.17) is 14.2 Å². The van der Waals surface area contributed by atoms with E-state index in [1.54, 1.807) is 41.3 Å². The first-order valence-electron chi connectivity index (χ1n) is 11.7. The molecule has 2 amide bonds. The molecule has 10 nitrogen and oxygen atoms in total. The van der Waals surface area contributed by atoms with Gasteiger partial charge in [-0.1, -0.05) is 13.8 Å². The number of carbonyl (C=O) groups excluding carboxylic acids is 2. The minimum atomic E-state index is -0.719. The Morgan fingerprint density at radius 3 is 2.26 bits per heavy atom. The quantitative estimate of drug-likeness (QED) is 0.490. The fourth-order valence-electron chi connectivity index (χ4n) is 3.85. The lowest BCUT2D eigenvalue weighted by Crippen LogP contribution is -2.51. The lowest BCUT2D eigenvalue weighted by atomic mass is 10.0. The van der Waals surface area contributed by atoms with Gasteiger partial charge in [-0.2, -0.15) is 11.1 Å². The van der Waals surface area contributed by atoms with Crippen LogP contribution in [0.15, 0.2) is 18.5 Å². The van der Waals surface area contributed by atoms with E-state index in [0.717, 1.165) is 41.3 Å². The summed E-state index contributed by atoms with van der Waals surface area (Å²) in [7, 11) is 3.20. The maximum atomic E-state index is 13.0. The van der Waals surface area contributed by atoms with E-state index < -0.39 is 28.8 Å². The highest BCUT2D eigenvalue weighted by molar-refractivity contribution is 8.15. The van der Waals surface area contributed by atoms with Crippen LogP contribution in [0.3, 0.4) is 0 Å². The summed E-state index contributed by atoms with van der Waals surface area (Å²) in [6, 6.07) is 3.09. The van der Waals surface area contributed by atoms with Gasteiger partial charge in [0, 0.05) is 36.0 Å². The maximum absolute atomic E-state index is 13.0. The van der Waals surface area contributed by atoms with E-state index in [1.165, 1.54) is 0 Å². The molecule has 1 fully saturated rings. The van der Waals surface area contributed by atoms with Crippen molar-refractivity contribution in [3.05, 3.63) is 18.5 Å². The van der Waals surface area contributed by atoms with Gasteiger partial charge in [0.15, 0.2) is 11.5 Å². The molecule has 0 bridgehead atoms. The number of amides is 2. The van der Waals surface area contributed by atoms with Gasteiger partial charge < -0.3 is 29.1 Å². The predicted octanol–water partition coefficient (Wildman–Crippen LogP) is 3.05. The van der Waals surface area contributed by atoms with E-state index in [9.17, 15) is 9.59 Å². The summed E-state index contributed by atoms with van der Waals surface area (Å²) >= 11 is -0.719. The monoisotopic (exact) mass is 507 g/mol. The van der Waals surface area contributed by atoms with Crippen LogP contribution in [0.25, 0.3) is 10.9 Å². The van der Waals surface area contributed by atoms with Crippen LogP contribution >= 0.6 is 11.1 Å². The van der Waals surface area contributed by atoms with Gasteiger partial charge in [-0.05, 0) is 32.8 Å². The molecule has 0 radical (unpaired) electrons. The molecule has 11 heteroatoms. The normalized spacial score (nSPS) is 16.1. The van der Waals surface area contributed by atoms with Gasteiger partial charge >= 0.3 is 6.09 Å². The summed E-state index contributed by atoms with van der Waals surface area (Å²) < 4.78 is 19.4. The molecule has 3 rings (SSSR count). The molecule has 1 aromatic heterocycles.